The zero-order chi connectivity index (χ0) is 29.2. The number of aliphatic hydroxyl groups is 1. The predicted molar refractivity (Wildman–Crippen MR) is 113 cm³/mol. The van der Waals surface area contributed by atoms with E-state index in [2.05, 4.69) is 0 Å². The molecular weight excluding hydrogens is 553 g/mol. The molecule has 212 valence electrons. The van der Waals surface area contributed by atoms with E-state index in [1.165, 1.54) is 0 Å². The van der Waals surface area contributed by atoms with Crippen molar-refractivity contribution in [2.24, 2.45) is 0 Å². The molecule has 1 aliphatic heterocycles. The number of halogens is 9. The van der Waals surface area contributed by atoms with E-state index in [-0.39, 0.29) is 0 Å². The Bertz CT molecular complexity index is 1210. The topological polar surface area (TPSA) is 87.1 Å². The third-order valence-electron chi connectivity index (χ3n) is 7.15. The Labute approximate surface area is 213 Å². The summed E-state index contributed by atoms with van der Waals surface area (Å²) in [5, 5.41) is 20.0. The minimum atomic E-state index is -7.21. The van der Waals surface area contributed by atoms with Crippen LogP contribution in [-0.4, -0.2) is 75.9 Å². The number of carbonyl (C=O) groups excluding carboxylic acids is 1. The Hall–Kier alpha value is -3.33. The zero-order valence-corrected chi connectivity index (χ0v) is 19.4. The largest absolute Gasteiger partial charge is 0.479 e. The van der Waals surface area contributed by atoms with Crippen LogP contribution in [0.4, 0.5) is 39.5 Å². The molecule has 2 atom stereocenters. The van der Waals surface area contributed by atoms with Gasteiger partial charge in [0, 0.05) is 12.5 Å². The molecule has 1 fully saturated rings. The van der Waals surface area contributed by atoms with Gasteiger partial charge < -0.3 is 14.9 Å². The number of aliphatic hydroxyl groups excluding tert-OH is 1. The predicted octanol–water partition coefficient (Wildman–Crippen LogP) is 4.66. The zero-order valence-electron chi connectivity index (χ0n) is 19.4. The third-order valence-corrected chi connectivity index (χ3v) is 7.15. The van der Waals surface area contributed by atoms with Crippen molar-refractivity contribution in [2.45, 2.75) is 48.0 Å². The summed E-state index contributed by atoms with van der Waals surface area (Å²) in [6, 6.07) is 13.0. The first-order valence-electron chi connectivity index (χ1n) is 11.2. The molecule has 0 spiro atoms. The molecule has 0 saturated carbocycles. The van der Waals surface area contributed by atoms with E-state index in [9.17, 15) is 59.3 Å². The van der Waals surface area contributed by atoms with E-state index in [4.69, 9.17) is 4.74 Å². The van der Waals surface area contributed by atoms with Crippen LogP contribution in [0.1, 0.15) is 23.5 Å². The number of hydrogen-bond donors (Lipinski definition) is 2. The molecule has 1 saturated heterocycles. The lowest BCUT2D eigenvalue weighted by Crippen LogP contribution is -2.81. The Morgan fingerprint density at radius 1 is 0.846 bits per heavy atom. The average molecular weight is 571 g/mol. The Balaban J connectivity index is 1.81. The minimum Gasteiger partial charge on any atom is -0.479 e. The number of esters is 1. The number of carbonyl (C=O) groups is 2. The molecule has 1 heterocycles. The molecule has 1 aliphatic carbocycles. The van der Waals surface area contributed by atoms with E-state index >= 15 is 0 Å². The first-order chi connectivity index (χ1) is 17.9. The second kappa shape index (κ2) is 9.11. The second-order valence-electron chi connectivity index (χ2n) is 9.06. The van der Waals surface area contributed by atoms with Gasteiger partial charge in [-0.1, -0.05) is 48.5 Å². The Morgan fingerprint density at radius 3 is 1.69 bits per heavy atom. The molecule has 0 bridgehead atoms. The summed E-state index contributed by atoms with van der Waals surface area (Å²) in [6.45, 7) is -2.74. The highest BCUT2D eigenvalue weighted by Gasteiger charge is 2.90. The third kappa shape index (κ3) is 3.88. The molecule has 4 rings (SSSR count). The fourth-order valence-corrected chi connectivity index (χ4v) is 5.49. The summed E-state index contributed by atoms with van der Waals surface area (Å²) in [4.78, 5) is 23.8. The lowest BCUT2D eigenvalue weighted by molar-refractivity contribution is -0.425. The summed E-state index contributed by atoms with van der Waals surface area (Å²) in [5.41, 5.74) is -8.89. The van der Waals surface area contributed by atoms with Crippen LogP contribution in [-0.2, 0) is 14.3 Å². The van der Waals surface area contributed by atoms with Gasteiger partial charge in [-0.2, -0.15) is 39.5 Å². The molecule has 2 aromatic rings. The number of alkyl halides is 9. The highest BCUT2D eigenvalue weighted by atomic mass is 19.4. The number of benzene rings is 2. The normalized spacial score (nSPS) is 22.5. The van der Waals surface area contributed by atoms with Crippen LogP contribution < -0.4 is 0 Å². The van der Waals surface area contributed by atoms with Gasteiger partial charge in [0.05, 0.1) is 6.10 Å². The molecule has 6 nitrogen and oxygen atoms in total. The summed E-state index contributed by atoms with van der Waals surface area (Å²) in [7, 11) is 0. The monoisotopic (exact) mass is 571 g/mol. The van der Waals surface area contributed by atoms with Crippen molar-refractivity contribution < 1.29 is 64.1 Å². The van der Waals surface area contributed by atoms with Crippen molar-refractivity contribution >= 4 is 11.9 Å². The van der Waals surface area contributed by atoms with Gasteiger partial charge in [-0.25, -0.2) is 14.5 Å². The Kier molecular flexibility index (Phi) is 6.70. The Morgan fingerprint density at radius 2 is 1.28 bits per heavy atom. The maximum absolute atomic E-state index is 13.9. The van der Waals surface area contributed by atoms with E-state index in [1.807, 2.05) is 0 Å². The first kappa shape index (κ1) is 28.7. The van der Waals surface area contributed by atoms with Crippen LogP contribution in [0.25, 0.3) is 11.1 Å². The maximum Gasteiger partial charge on any atom is 0.424 e. The SMILES string of the molecule is O=C(O)[C@]1(C(=O)OCC2c3ccccc3-c3ccccc32)C(O)CCN1C(C(F)(F)F)(C(F)(F)F)C(F)(F)F. The lowest BCUT2D eigenvalue weighted by Gasteiger charge is -2.49. The maximum atomic E-state index is 13.9. The van der Waals surface area contributed by atoms with Crippen molar-refractivity contribution in [2.75, 3.05) is 13.2 Å². The van der Waals surface area contributed by atoms with Crippen molar-refractivity contribution in [3.05, 3.63) is 59.7 Å². The van der Waals surface area contributed by atoms with Gasteiger partial charge in [0.25, 0.3) is 0 Å². The molecule has 0 amide bonds. The van der Waals surface area contributed by atoms with Gasteiger partial charge in [-0.15, -0.1) is 0 Å². The summed E-state index contributed by atoms with van der Waals surface area (Å²) in [5.74, 6) is -6.15. The molecule has 39 heavy (non-hydrogen) atoms. The van der Waals surface area contributed by atoms with Crippen LogP contribution in [0.3, 0.4) is 0 Å². The number of likely N-dealkylation sites (tertiary alicyclic amines) is 1. The van der Waals surface area contributed by atoms with Crippen LogP contribution in [0.5, 0.6) is 0 Å². The quantitative estimate of drug-likeness (QED) is 0.309. The van der Waals surface area contributed by atoms with Crippen LogP contribution in [0.2, 0.25) is 0 Å². The van der Waals surface area contributed by atoms with Crippen molar-refractivity contribution in [3.63, 3.8) is 0 Å². The van der Waals surface area contributed by atoms with E-state index in [1.54, 1.807) is 48.5 Å². The fourth-order valence-electron chi connectivity index (χ4n) is 5.49. The second-order valence-corrected chi connectivity index (χ2v) is 9.06. The molecule has 0 radical (unpaired) electrons. The van der Waals surface area contributed by atoms with E-state index in [0.29, 0.717) is 22.3 Å². The smallest absolute Gasteiger partial charge is 0.424 e. The summed E-state index contributed by atoms with van der Waals surface area (Å²) >= 11 is 0. The highest BCUT2D eigenvalue weighted by molar-refractivity contribution is 6.05. The molecule has 1 unspecified atom stereocenters. The number of aliphatic carboxylic acids is 1. The average Bonchev–Trinajstić information content (AvgIpc) is 3.31. The first-order valence-corrected chi connectivity index (χ1v) is 11.2. The van der Waals surface area contributed by atoms with Crippen molar-refractivity contribution in [1.29, 1.82) is 0 Å². The highest BCUT2D eigenvalue weighted by Crippen LogP contribution is 2.59. The van der Waals surface area contributed by atoms with Gasteiger partial charge in [-0.3, -0.25) is 0 Å². The summed E-state index contributed by atoms with van der Waals surface area (Å²) < 4.78 is 130. The number of nitrogens with zero attached hydrogens (tertiary/aromatic N) is 1. The number of carboxylic acids is 1. The summed E-state index contributed by atoms with van der Waals surface area (Å²) in [6.07, 6.45) is -25.9. The number of carboxylic acid groups (broad SMARTS) is 1. The van der Waals surface area contributed by atoms with Crippen LogP contribution in [0.15, 0.2) is 48.5 Å². The molecule has 0 aromatic heterocycles. The molecular formula is C24H18F9NO5. The number of rotatable bonds is 5. The van der Waals surface area contributed by atoms with Gasteiger partial charge in [0.1, 0.15) is 6.61 Å². The van der Waals surface area contributed by atoms with Gasteiger partial charge in [0.2, 0.25) is 5.54 Å². The standard InChI is InChI=1S/C24H18F9NO5/c25-22(26,27)21(23(28,29)30,24(31,32)33)34-10-9-17(35)20(34,18(36)37)19(38)39-11-16-14-7-3-1-5-12(14)13-6-2-4-8-15(13)16/h1-8,16-17,35H,9-11H2,(H,36,37)/t17?,20-/m0/s1. The number of hydrogen-bond acceptors (Lipinski definition) is 5. The molecule has 15 heteroatoms. The molecule has 2 N–H and O–H groups in total. The van der Waals surface area contributed by atoms with Crippen LogP contribution in [0, 0.1) is 0 Å². The number of ether oxygens (including phenoxy) is 1. The van der Waals surface area contributed by atoms with E-state index in [0.717, 1.165) is 0 Å². The molecule has 2 aliphatic rings. The molecule has 2 aromatic carbocycles. The van der Waals surface area contributed by atoms with Crippen molar-refractivity contribution in [1.82, 2.24) is 4.90 Å². The van der Waals surface area contributed by atoms with Gasteiger partial charge in [-0.05, 0) is 28.7 Å². The van der Waals surface area contributed by atoms with E-state index < -0.39 is 78.0 Å². The minimum absolute atomic E-state index is 0.509. The van der Waals surface area contributed by atoms with Gasteiger partial charge >= 0.3 is 36.0 Å². The number of fused-ring (bicyclic) bond motifs is 3. The van der Waals surface area contributed by atoms with Crippen LogP contribution >= 0.6 is 0 Å². The fraction of sp³-hybridized carbons (Fsp3) is 0.417. The van der Waals surface area contributed by atoms with Crippen molar-refractivity contribution in [3.8, 4) is 11.1 Å². The lowest BCUT2D eigenvalue weighted by atomic mass is 9.85. The van der Waals surface area contributed by atoms with Gasteiger partial charge in [0.15, 0.2) is 0 Å².